The third-order valence-corrected chi connectivity index (χ3v) is 6.23. The maximum atomic E-state index is 14.1. The summed E-state index contributed by atoms with van der Waals surface area (Å²) in [5.74, 6) is 0.308. The molecule has 0 saturated heterocycles. The number of pyridine rings is 1. The molecule has 1 aliphatic heterocycles. The summed E-state index contributed by atoms with van der Waals surface area (Å²) in [7, 11) is 1.80. The number of nitrogen functional groups attached to an aromatic ring is 1. The van der Waals surface area contributed by atoms with Gasteiger partial charge in [0.1, 0.15) is 11.9 Å². The van der Waals surface area contributed by atoms with Gasteiger partial charge in [-0.1, -0.05) is 6.92 Å². The summed E-state index contributed by atoms with van der Waals surface area (Å²) in [6.45, 7) is 3.88. The van der Waals surface area contributed by atoms with Crippen LogP contribution in [0.5, 0.6) is 5.75 Å². The van der Waals surface area contributed by atoms with Gasteiger partial charge in [-0.3, -0.25) is 5.41 Å². The van der Waals surface area contributed by atoms with Gasteiger partial charge >= 0.3 is 0 Å². The lowest BCUT2D eigenvalue weighted by molar-refractivity contribution is 0.227. The molecule has 1 aliphatic rings. The van der Waals surface area contributed by atoms with Gasteiger partial charge in [0, 0.05) is 53.0 Å². The number of nitrogens with one attached hydrogen (secondary N) is 2. The van der Waals surface area contributed by atoms with E-state index in [-0.39, 0.29) is 11.6 Å². The molecule has 8 heteroatoms. The molecule has 4 N–H and O–H groups in total. The van der Waals surface area contributed by atoms with E-state index in [2.05, 4.69) is 21.6 Å². The quantitative estimate of drug-likeness (QED) is 0.542. The number of fused-ring (bicyclic) bond motifs is 5. The van der Waals surface area contributed by atoms with Crippen molar-refractivity contribution in [2.45, 2.75) is 32.8 Å². The number of halogens is 1. The van der Waals surface area contributed by atoms with E-state index in [9.17, 15) is 4.39 Å². The second kappa shape index (κ2) is 8.47. The lowest BCUT2D eigenvalue weighted by Crippen LogP contribution is -2.16. The van der Waals surface area contributed by atoms with E-state index in [0.717, 1.165) is 33.7 Å². The van der Waals surface area contributed by atoms with Crippen molar-refractivity contribution in [3.8, 4) is 16.9 Å². The van der Waals surface area contributed by atoms with Crippen LogP contribution in [-0.4, -0.2) is 22.1 Å². The van der Waals surface area contributed by atoms with Crippen molar-refractivity contribution >= 4 is 23.1 Å². The largest absolute Gasteiger partial charge is 0.482 e. The highest BCUT2D eigenvalue weighted by atomic mass is 32.1. The lowest BCUT2D eigenvalue weighted by Gasteiger charge is -2.22. The summed E-state index contributed by atoms with van der Waals surface area (Å²) in [5.41, 5.74) is 11.2. The number of anilines is 1. The predicted molar refractivity (Wildman–Crippen MR) is 122 cm³/mol. The molecule has 3 heterocycles. The number of ether oxygens (including phenoxy) is 1. The van der Waals surface area contributed by atoms with Crippen molar-refractivity contribution < 1.29 is 9.13 Å². The summed E-state index contributed by atoms with van der Waals surface area (Å²) < 4.78 is 24.9. The number of hydrogen-bond donors (Lipinski definition) is 3. The molecule has 0 fully saturated rings. The van der Waals surface area contributed by atoms with Crippen molar-refractivity contribution in [1.29, 1.82) is 5.41 Å². The van der Waals surface area contributed by atoms with E-state index >= 15 is 0 Å². The number of allylic oxidation sites excluding steroid dienone is 1. The van der Waals surface area contributed by atoms with Crippen LogP contribution in [0, 0.1) is 11.2 Å². The summed E-state index contributed by atoms with van der Waals surface area (Å²) in [6.07, 6.45) is 4.29. The van der Waals surface area contributed by atoms with Gasteiger partial charge in [-0.2, -0.15) is 4.37 Å². The molecule has 0 spiro atoms. The number of hydrogen-bond acceptors (Lipinski definition) is 7. The van der Waals surface area contributed by atoms with Crippen LogP contribution in [0.4, 0.5) is 10.2 Å². The third-order valence-electron chi connectivity index (χ3n) is 5.35. The first-order valence-electron chi connectivity index (χ1n) is 10.1. The van der Waals surface area contributed by atoms with E-state index in [1.807, 2.05) is 19.2 Å². The Morgan fingerprint density at radius 3 is 2.94 bits per heavy atom. The topological polar surface area (TPSA) is 96.9 Å². The van der Waals surface area contributed by atoms with Crippen LogP contribution in [0.1, 0.15) is 41.6 Å². The zero-order chi connectivity index (χ0) is 22.1. The molecule has 2 bridgehead atoms. The molecule has 2 aromatic heterocycles. The van der Waals surface area contributed by atoms with E-state index in [0.29, 0.717) is 29.0 Å². The highest BCUT2D eigenvalue weighted by Gasteiger charge is 2.24. The number of aryl methyl sites for hydroxylation is 1. The molecule has 0 unspecified atom stereocenters. The molecule has 0 radical (unpaired) electrons. The summed E-state index contributed by atoms with van der Waals surface area (Å²) in [6, 6.07) is 6.29. The van der Waals surface area contributed by atoms with E-state index in [1.165, 1.54) is 23.7 Å². The summed E-state index contributed by atoms with van der Waals surface area (Å²) >= 11 is 1.42. The zero-order valence-electron chi connectivity index (χ0n) is 17.6. The molecule has 1 aromatic carbocycles. The predicted octanol–water partition coefficient (Wildman–Crippen LogP) is 4.66. The van der Waals surface area contributed by atoms with Gasteiger partial charge in [-0.05, 0) is 54.7 Å². The van der Waals surface area contributed by atoms with Gasteiger partial charge in [-0.25, -0.2) is 9.37 Å². The van der Waals surface area contributed by atoms with Gasteiger partial charge in [0.2, 0.25) is 0 Å². The van der Waals surface area contributed by atoms with E-state index in [1.54, 1.807) is 19.3 Å². The number of aromatic nitrogens is 2. The van der Waals surface area contributed by atoms with Crippen LogP contribution in [0.2, 0.25) is 0 Å². The Hall–Kier alpha value is -3.26. The van der Waals surface area contributed by atoms with Gasteiger partial charge in [0.05, 0.1) is 11.4 Å². The highest BCUT2D eigenvalue weighted by Crippen LogP contribution is 2.38. The highest BCUT2D eigenvalue weighted by molar-refractivity contribution is 7.06. The molecule has 160 valence electrons. The number of nitrogens with zero attached hydrogens (tertiary/aromatic N) is 2. The Morgan fingerprint density at radius 2 is 2.19 bits per heavy atom. The number of nitrogens with two attached hydrogens (primary N) is 1. The van der Waals surface area contributed by atoms with Gasteiger partial charge in [0.25, 0.3) is 0 Å². The maximum absolute atomic E-state index is 14.1. The van der Waals surface area contributed by atoms with E-state index < -0.39 is 6.10 Å². The molecule has 6 nitrogen and oxygen atoms in total. The third kappa shape index (κ3) is 3.90. The molecule has 3 aromatic rings. The van der Waals surface area contributed by atoms with Crippen LogP contribution in [0.25, 0.3) is 11.1 Å². The smallest absolute Gasteiger partial charge is 0.166 e. The van der Waals surface area contributed by atoms with Crippen molar-refractivity contribution in [3.05, 3.63) is 69.8 Å². The fraction of sp³-hybridized carbons (Fsp3) is 0.261. The Morgan fingerprint density at radius 1 is 1.39 bits per heavy atom. The van der Waals surface area contributed by atoms with Crippen LogP contribution in [0.3, 0.4) is 0 Å². The molecule has 1 atom stereocenters. The van der Waals surface area contributed by atoms with Crippen LogP contribution < -0.4 is 15.8 Å². The fourth-order valence-electron chi connectivity index (χ4n) is 3.82. The average Bonchev–Trinajstić information content (AvgIpc) is 3.16. The average molecular weight is 438 g/mol. The van der Waals surface area contributed by atoms with Gasteiger partial charge < -0.3 is 15.8 Å². The summed E-state index contributed by atoms with van der Waals surface area (Å²) in [5, 5.41) is 12.0. The first-order valence-corrected chi connectivity index (χ1v) is 10.8. The fourth-order valence-corrected chi connectivity index (χ4v) is 4.81. The number of rotatable bonds is 2. The monoisotopic (exact) mass is 437 g/mol. The second-order valence-electron chi connectivity index (χ2n) is 7.39. The normalized spacial score (nSPS) is 17.2. The number of benzene rings is 1. The first-order chi connectivity index (χ1) is 14.9. The molecular weight excluding hydrogens is 413 g/mol. The van der Waals surface area contributed by atoms with Crippen molar-refractivity contribution in [2.24, 2.45) is 0 Å². The lowest BCUT2D eigenvalue weighted by atomic mass is 9.91. The van der Waals surface area contributed by atoms with Crippen molar-refractivity contribution in [2.75, 3.05) is 12.8 Å². The van der Waals surface area contributed by atoms with Crippen molar-refractivity contribution in [1.82, 2.24) is 14.7 Å². The Balaban J connectivity index is 1.99. The van der Waals surface area contributed by atoms with Crippen LogP contribution in [0.15, 0.2) is 42.2 Å². The Bertz CT molecular complexity index is 1190. The summed E-state index contributed by atoms with van der Waals surface area (Å²) in [4.78, 5) is 5.37. The van der Waals surface area contributed by atoms with Gasteiger partial charge in [0.15, 0.2) is 11.6 Å². The van der Waals surface area contributed by atoms with E-state index in [4.69, 9.17) is 15.9 Å². The molecule has 0 amide bonds. The Kier molecular flexibility index (Phi) is 5.73. The van der Waals surface area contributed by atoms with Crippen LogP contribution >= 0.6 is 11.5 Å². The zero-order valence-corrected chi connectivity index (χ0v) is 18.4. The minimum Gasteiger partial charge on any atom is -0.482 e. The molecule has 0 aliphatic carbocycles. The minimum atomic E-state index is -0.536. The second-order valence-corrected chi connectivity index (χ2v) is 8.25. The maximum Gasteiger partial charge on any atom is 0.166 e. The van der Waals surface area contributed by atoms with Crippen molar-refractivity contribution in [3.63, 3.8) is 0 Å². The SMILES string of the molecule is CCc1nsc2c1-c1cnc(N)c(c1)O[C@H](C)c1cc(F)ccc1C(=N)/C(=C\NC)C2. The molecular formula is C23H24FN5OS. The molecule has 31 heavy (non-hydrogen) atoms. The minimum absolute atomic E-state index is 0.263. The van der Waals surface area contributed by atoms with Crippen LogP contribution in [-0.2, 0) is 12.8 Å². The first kappa shape index (κ1) is 21.0. The standard InChI is InChI=1S/C23H24FN5OS/c1-4-18-21-13-7-19(23(26)28-11-13)30-12(2)17-9-15(24)5-6-16(17)22(25)14(10-27-3)8-20(21)31-29-18/h5-7,9-12,25,27H,4,8H2,1-3H3,(H2,26,28)/b14-10-,25-22?/t12-/m1/s1. The Labute approximate surface area is 184 Å². The molecule has 4 rings (SSSR count). The van der Waals surface area contributed by atoms with Gasteiger partial charge in [-0.15, -0.1) is 0 Å². The molecule has 0 saturated carbocycles.